The Morgan fingerprint density at radius 2 is 2.09 bits per heavy atom. The third kappa shape index (κ3) is 4.59. The minimum atomic E-state index is 0.0417. The molecule has 1 aromatic rings. The standard InChI is InChI=1S/C18H28N2O3/c1-14-10-16(12-18(11-14)23-9-7-21)19-15-2-5-20(6-3-15)17-4-8-22-13-17/h10-12,15,17,19,21H,2-9,13H2,1H3. The Morgan fingerprint density at radius 3 is 2.78 bits per heavy atom. The zero-order chi connectivity index (χ0) is 16.1. The van der Waals surface area contributed by atoms with Crippen molar-refractivity contribution < 1.29 is 14.6 Å². The van der Waals surface area contributed by atoms with Gasteiger partial charge in [0.15, 0.2) is 0 Å². The zero-order valence-electron chi connectivity index (χ0n) is 14.0. The molecule has 0 radical (unpaired) electrons. The Kier molecular flexibility index (Phi) is 5.75. The van der Waals surface area contributed by atoms with Crippen molar-refractivity contribution in [2.75, 3.05) is 44.8 Å². The Balaban J connectivity index is 1.52. The predicted molar refractivity (Wildman–Crippen MR) is 91.2 cm³/mol. The minimum Gasteiger partial charge on any atom is -0.491 e. The van der Waals surface area contributed by atoms with Gasteiger partial charge in [0, 0.05) is 43.5 Å². The van der Waals surface area contributed by atoms with Crippen LogP contribution in [-0.2, 0) is 4.74 Å². The third-order valence-electron chi connectivity index (χ3n) is 4.73. The van der Waals surface area contributed by atoms with Gasteiger partial charge in [0.1, 0.15) is 12.4 Å². The quantitative estimate of drug-likeness (QED) is 0.840. The van der Waals surface area contributed by atoms with Crippen LogP contribution in [0.5, 0.6) is 5.75 Å². The van der Waals surface area contributed by atoms with Gasteiger partial charge in [-0.3, -0.25) is 4.90 Å². The number of ether oxygens (including phenoxy) is 2. The van der Waals surface area contributed by atoms with Crippen LogP contribution in [-0.4, -0.2) is 61.6 Å². The van der Waals surface area contributed by atoms with E-state index in [4.69, 9.17) is 14.6 Å². The SMILES string of the molecule is Cc1cc(NC2CCN(C3CCOC3)CC2)cc(OCCO)c1. The molecule has 2 N–H and O–H groups in total. The summed E-state index contributed by atoms with van der Waals surface area (Å²) in [7, 11) is 0. The average Bonchev–Trinajstić information content (AvgIpc) is 3.07. The highest BCUT2D eigenvalue weighted by molar-refractivity contribution is 5.51. The lowest BCUT2D eigenvalue weighted by Gasteiger charge is -2.36. The number of nitrogens with zero attached hydrogens (tertiary/aromatic N) is 1. The summed E-state index contributed by atoms with van der Waals surface area (Å²) >= 11 is 0. The Hall–Kier alpha value is -1.30. The van der Waals surface area contributed by atoms with Crippen molar-refractivity contribution in [3.05, 3.63) is 23.8 Å². The summed E-state index contributed by atoms with van der Waals surface area (Å²) in [5.41, 5.74) is 2.28. The highest BCUT2D eigenvalue weighted by Crippen LogP contribution is 2.25. The van der Waals surface area contributed by atoms with E-state index in [1.807, 2.05) is 12.1 Å². The fourth-order valence-corrected chi connectivity index (χ4v) is 3.53. The maximum Gasteiger partial charge on any atom is 0.121 e. The molecule has 3 rings (SSSR count). The number of aliphatic hydroxyl groups excluding tert-OH is 1. The van der Waals surface area contributed by atoms with Crippen LogP contribution in [0.15, 0.2) is 18.2 Å². The average molecular weight is 320 g/mol. The van der Waals surface area contributed by atoms with E-state index in [9.17, 15) is 0 Å². The number of piperidine rings is 1. The zero-order valence-corrected chi connectivity index (χ0v) is 14.0. The molecule has 0 spiro atoms. The summed E-state index contributed by atoms with van der Waals surface area (Å²) in [6, 6.07) is 7.33. The predicted octanol–water partition coefficient (Wildman–Crippen LogP) is 2.03. The largest absolute Gasteiger partial charge is 0.491 e. The first-order chi connectivity index (χ1) is 11.2. The number of nitrogens with one attached hydrogen (secondary N) is 1. The summed E-state index contributed by atoms with van der Waals surface area (Å²) in [6.45, 7) is 6.56. The monoisotopic (exact) mass is 320 g/mol. The Bertz CT molecular complexity index is 495. The van der Waals surface area contributed by atoms with Gasteiger partial charge in [-0.25, -0.2) is 0 Å². The molecule has 2 fully saturated rings. The molecule has 1 unspecified atom stereocenters. The second-order valence-corrected chi connectivity index (χ2v) is 6.58. The summed E-state index contributed by atoms with van der Waals surface area (Å²) < 4.78 is 11.0. The van der Waals surface area contributed by atoms with E-state index in [1.165, 1.54) is 12.0 Å². The van der Waals surface area contributed by atoms with Crippen molar-refractivity contribution in [3.63, 3.8) is 0 Å². The molecule has 2 aliphatic heterocycles. The van der Waals surface area contributed by atoms with E-state index >= 15 is 0 Å². The molecule has 1 aromatic carbocycles. The van der Waals surface area contributed by atoms with Crippen LogP contribution in [0.2, 0.25) is 0 Å². The maximum atomic E-state index is 8.89. The summed E-state index contributed by atoms with van der Waals surface area (Å²) in [5, 5.41) is 12.5. The molecule has 2 heterocycles. The first-order valence-corrected chi connectivity index (χ1v) is 8.68. The normalized spacial score (nSPS) is 23.1. The van der Waals surface area contributed by atoms with Crippen molar-refractivity contribution in [2.24, 2.45) is 0 Å². The van der Waals surface area contributed by atoms with Crippen LogP contribution in [0.25, 0.3) is 0 Å². The summed E-state index contributed by atoms with van der Waals surface area (Å²) in [4.78, 5) is 2.58. The molecule has 0 aliphatic carbocycles. The lowest BCUT2D eigenvalue weighted by atomic mass is 10.0. The first kappa shape index (κ1) is 16.6. The van der Waals surface area contributed by atoms with Crippen LogP contribution < -0.4 is 10.1 Å². The number of hydrogen-bond donors (Lipinski definition) is 2. The van der Waals surface area contributed by atoms with E-state index in [1.54, 1.807) is 0 Å². The van der Waals surface area contributed by atoms with Crippen LogP contribution >= 0.6 is 0 Å². The molecular formula is C18H28N2O3. The van der Waals surface area contributed by atoms with Crippen LogP contribution in [0.3, 0.4) is 0 Å². The van der Waals surface area contributed by atoms with Gasteiger partial charge in [-0.05, 0) is 43.9 Å². The highest BCUT2D eigenvalue weighted by atomic mass is 16.5. The molecule has 2 saturated heterocycles. The van der Waals surface area contributed by atoms with E-state index in [0.717, 1.165) is 50.6 Å². The fourth-order valence-electron chi connectivity index (χ4n) is 3.53. The number of aryl methyl sites for hydroxylation is 1. The minimum absolute atomic E-state index is 0.0417. The number of anilines is 1. The van der Waals surface area contributed by atoms with Crippen molar-refractivity contribution in [1.82, 2.24) is 4.90 Å². The maximum absolute atomic E-state index is 8.89. The molecule has 23 heavy (non-hydrogen) atoms. The third-order valence-corrected chi connectivity index (χ3v) is 4.73. The molecule has 5 nitrogen and oxygen atoms in total. The molecule has 0 bridgehead atoms. The van der Waals surface area contributed by atoms with Gasteiger partial charge in [0.05, 0.1) is 13.2 Å². The second-order valence-electron chi connectivity index (χ2n) is 6.58. The number of likely N-dealkylation sites (tertiary alicyclic amines) is 1. The molecule has 0 aromatic heterocycles. The fraction of sp³-hybridized carbons (Fsp3) is 0.667. The van der Waals surface area contributed by atoms with E-state index < -0.39 is 0 Å². The smallest absolute Gasteiger partial charge is 0.121 e. The molecule has 0 amide bonds. The van der Waals surface area contributed by atoms with Gasteiger partial charge < -0.3 is 19.9 Å². The second kappa shape index (κ2) is 7.99. The Morgan fingerprint density at radius 1 is 1.26 bits per heavy atom. The van der Waals surface area contributed by atoms with Gasteiger partial charge in [-0.1, -0.05) is 0 Å². The van der Waals surface area contributed by atoms with E-state index in [-0.39, 0.29) is 6.61 Å². The van der Waals surface area contributed by atoms with Gasteiger partial charge >= 0.3 is 0 Å². The lowest BCUT2D eigenvalue weighted by Crippen LogP contribution is -2.44. The number of benzene rings is 1. The van der Waals surface area contributed by atoms with E-state index in [2.05, 4.69) is 23.2 Å². The number of rotatable bonds is 6. The van der Waals surface area contributed by atoms with Crippen molar-refractivity contribution in [2.45, 2.75) is 38.3 Å². The topological polar surface area (TPSA) is 54.0 Å². The van der Waals surface area contributed by atoms with Crippen LogP contribution in [0, 0.1) is 6.92 Å². The lowest BCUT2D eigenvalue weighted by molar-refractivity contribution is 0.124. The van der Waals surface area contributed by atoms with Crippen molar-refractivity contribution in [1.29, 1.82) is 0 Å². The van der Waals surface area contributed by atoms with Gasteiger partial charge in [-0.2, -0.15) is 0 Å². The van der Waals surface area contributed by atoms with Crippen LogP contribution in [0.4, 0.5) is 5.69 Å². The molecular weight excluding hydrogens is 292 g/mol. The summed E-state index contributed by atoms with van der Waals surface area (Å²) in [5.74, 6) is 0.821. The van der Waals surface area contributed by atoms with Crippen LogP contribution in [0.1, 0.15) is 24.8 Å². The van der Waals surface area contributed by atoms with Gasteiger partial charge in [-0.15, -0.1) is 0 Å². The van der Waals surface area contributed by atoms with Gasteiger partial charge in [0.2, 0.25) is 0 Å². The molecule has 2 aliphatic rings. The molecule has 128 valence electrons. The van der Waals surface area contributed by atoms with Crippen molar-refractivity contribution in [3.8, 4) is 5.75 Å². The van der Waals surface area contributed by atoms with E-state index in [0.29, 0.717) is 18.7 Å². The molecule has 0 saturated carbocycles. The number of hydrogen-bond acceptors (Lipinski definition) is 5. The van der Waals surface area contributed by atoms with Crippen molar-refractivity contribution >= 4 is 5.69 Å². The highest BCUT2D eigenvalue weighted by Gasteiger charge is 2.27. The molecule has 5 heteroatoms. The molecule has 1 atom stereocenters. The Labute approximate surface area is 138 Å². The first-order valence-electron chi connectivity index (χ1n) is 8.68. The number of aliphatic hydroxyl groups is 1. The summed E-state index contributed by atoms with van der Waals surface area (Å²) in [6.07, 6.45) is 3.51. The van der Waals surface area contributed by atoms with Gasteiger partial charge in [0.25, 0.3) is 0 Å².